The number of fused-ring (bicyclic) bond motifs is 1. The molecule has 0 radical (unpaired) electrons. The molecule has 0 aliphatic carbocycles. The normalized spacial score (nSPS) is 11.4. The molecule has 2 aromatic rings. The maximum absolute atomic E-state index is 5.68. The molecular weight excluding hydrogens is 244 g/mol. The van der Waals surface area contributed by atoms with Gasteiger partial charge in [0.15, 0.2) is 11.5 Å². The molecular formula is C14H20N2O3. The number of hydrogen-bond donors (Lipinski definition) is 1. The fraction of sp³-hybridized carbons (Fsp3) is 0.500. The Balaban J connectivity index is 1.97. The van der Waals surface area contributed by atoms with Crippen molar-refractivity contribution >= 4 is 11.1 Å². The lowest BCUT2D eigenvalue weighted by Gasteiger charge is -2.05. The summed E-state index contributed by atoms with van der Waals surface area (Å²) in [6, 6.07) is 5.65. The van der Waals surface area contributed by atoms with Crippen molar-refractivity contribution in [2.24, 2.45) is 5.73 Å². The van der Waals surface area contributed by atoms with Crippen molar-refractivity contribution in [2.75, 3.05) is 26.4 Å². The van der Waals surface area contributed by atoms with Crippen molar-refractivity contribution < 1.29 is 13.9 Å². The summed E-state index contributed by atoms with van der Waals surface area (Å²) in [7, 11) is 0. The van der Waals surface area contributed by atoms with Gasteiger partial charge in [0.1, 0.15) is 17.9 Å². The second kappa shape index (κ2) is 6.54. The van der Waals surface area contributed by atoms with Gasteiger partial charge in [-0.1, -0.05) is 13.8 Å². The van der Waals surface area contributed by atoms with E-state index in [2.05, 4.69) is 18.8 Å². The Morgan fingerprint density at radius 1 is 1.26 bits per heavy atom. The molecule has 0 aliphatic heterocycles. The molecule has 5 nitrogen and oxygen atoms in total. The maximum atomic E-state index is 5.68. The van der Waals surface area contributed by atoms with E-state index in [0.717, 1.165) is 22.7 Å². The molecule has 2 N–H and O–H groups in total. The van der Waals surface area contributed by atoms with E-state index in [1.165, 1.54) is 0 Å². The summed E-state index contributed by atoms with van der Waals surface area (Å²) < 4.78 is 16.5. The molecule has 0 saturated heterocycles. The highest BCUT2D eigenvalue weighted by molar-refractivity contribution is 5.74. The van der Waals surface area contributed by atoms with Crippen LogP contribution >= 0.6 is 0 Å². The standard InChI is InChI=1S/C14H20N2O3/c1-10(2)14-16-12-4-3-11(9-13(12)19-14)18-8-7-17-6-5-15/h3-4,9-10H,5-8,15H2,1-2H3. The minimum Gasteiger partial charge on any atom is -0.491 e. The highest BCUT2D eigenvalue weighted by Gasteiger charge is 2.09. The Hall–Kier alpha value is -1.59. The molecule has 104 valence electrons. The zero-order valence-corrected chi connectivity index (χ0v) is 11.4. The third-order valence-electron chi connectivity index (χ3n) is 2.63. The van der Waals surface area contributed by atoms with Crippen LogP contribution in [0.25, 0.3) is 11.1 Å². The fourth-order valence-electron chi connectivity index (χ4n) is 1.66. The van der Waals surface area contributed by atoms with Gasteiger partial charge in [0, 0.05) is 18.5 Å². The summed E-state index contributed by atoms with van der Waals surface area (Å²) in [5.41, 5.74) is 6.94. The molecule has 0 saturated carbocycles. The van der Waals surface area contributed by atoms with Gasteiger partial charge in [-0.3, -0.25) is 0 Å². The number of ether oxygens (including phenoxy) is 2. The molecule has 0 atom stereocenters. The van der Waals surface area contributed by atoms with Gasteiger partial charge in [0.2, 0.25) is 0 Å². The average Bonchev–Trinajstić information content (AvgIpc) is 2.82. The lowest BCUT2D eigenvalue weighted by molar-refractivity contribution is 0.106. The molecule has 0 aliphatic rings. The second-order valence-electron chi connectivity index (χ2n) is 4.59. The first-order valence-corrected chi connectivity index (χ1v) is 6.52. The quantitative estimate of drug-likeness (QED) is 0.777. The van der Waals surface area contributed by atoms with Crippen molar-refractivity contribution in [3.63, 3.8) is 0 Å². The van der Waals surface area contributed by atoms with E-state index in [4.69, 9.17) is 19.6 Å². The second-order valence-corrected chi connectivity index (χ2v) is 4.59. The molecule has 1 aromatic carbocycles. The van der Waals surface area contributed by atoms with Crippen LogP contribution in [-0.2, 0) is 4.74 Å². The van der Waals surface area contributed by atoms with Crippen LogP contribution in [-0.4, -0.2) is 31.3 Å². The van der Waals surface area contributed by atoms with Gasteiger partial charge < -0.3 is 19.6 Å². The highest BCUT2D eigenvalue weighted by atomic mass is 16.5. The van der Waals surface area contributed by atoms with Gasteiger partial charge in [0.05, 0.1) is 13.2 Å². The molecule has 0 spiro atoms. The van der Waals surface area contributed by atoms with Crippen molar-refractivity contribution in [3.05, 3.63) is 24.1 Å². The van der Waals surface area contributed by atoms with E-state index in [-0.39, 0.29) is 5.92 Å². The third-order valence-corrected chi connectivity index (χ3v) is 2.63. The molecule has 0 amide bonds. The van der Waals surface area contributed by atoms with E-state index < -0.39 is 0 Å². The first kappa shape index (κ1) is 13.8. The summed E-state index contributed by atoms with van der Waals surface area (Å²) >= 11 is 0. The molecule has 1 heterocycles. The number of aromatic nitrogens is 1. The third kappa shape index (κ3) is 3.68. The lowest BCUT2D eigenvalue weighted by Crippen LogP contribution is -2.13. The van der Waals surface area contributed by atoms with E-state index in [9.17, 15) is 0 Å². The molecule has 0 bridgehead atoms. The summed E-state index contributed by atoms with van der Waals surface area (Å²) in [6.45, 7) is 6.22. The lowest BCUT2D eigenvalue weighted by atomic mass is 10.2. The number of nitrogens with two attached hydrogens (primary N) is 1. The Morgan fingerprint density at radius 2 is 2.11 bits per heavy atom. The summed E-state index contributed by atoms with van der Waals surface area (Å²) in [5.74, 6) is 1.79. The molecule has 19 heavy (non-hydrogen) atoms. The summed E-state index contributed by atoms with van der Waals surface area (Å²) in [4.78, 5) is 4.41. The van der Waals surface area contributed by atoms with Crippen LogP contribution in [0.1, 0.15) is 25.7 Å². The van der Waals surface area contributed by atoms with Gasteiger partial charge in [-0.2, -0.15) is 0 Å². The Kier molecular flexibility index (Phi) is 4.76. The van der Waals surface area contributed by atoms with Gasteiger partial charge in [-0.05, 0) is 12.1 Å². The molecule has 0 fully saturated rings. The Morgan fingerprint density at radius 3 is 2.84 bits per heavy atom. The van der Waals surface area contributed by atoms with Crippen LogP contribution in [0.3, 0.4) is 0 Å². The van der Waals surface area contributed by atoms with Gasteiger partial charge in [0.25, 0.3) is 0 Å². The van der Waals surface area contributed by atoms with Crippen LogP contribution in [0.2, 0.25) is 0 Å². The highest BCUT2D eigenvalue weighted by Crippen LogP contribution is 2.24. The van der Waals surface area contributed by atoms with Crippen molar-refractivity contribution in [1.29, 1.82) is 0 Å². The Labute approximate surface area is 112 Å². The van der Waals surface area contributed by atoms with E-state index in [0.29, 0.717) is 26.4 Å². The van der Waals surface area contributed by atoms with Gasteiger partial charge >= 0.3 is 0 Å². The molecule has 2 rings (SSSR count). The van der Waals surface area contributed by atoms with Crippen molar-refractivity contribution in [1.82, 2.24) is 4.98 Å². The fourth-order valence-corrected chi connectivity index (χ4v) is 1.66. The average molecular weight is 264 g/mol. The minimum atomic E-state index is 0.279. The predicted octanol–water partition coefficient (Wildman–Crippen LogP) is 2.31. The smallest absolute Gasteiger partial charge is 0.198 e. The van der Waals surface area contributed by atoms with E-state index in [1.807, 2.05) is 18.2 Å². The zero-order valence-electron chi connectivity index (χ0n) is 11.4. The molecule has 0 unspecified atom stereocenters. The van der Waals surface area contributed by atoms with Crippen molar-refractivity contribution in [3.8, 4) is 5.75 Å². The number of rotatable bonds is 7. The number of hydrogen-bond acceptors (Lipinski definition) is 5. The zero-order chi connectivity index (χ0) is 13.7. The minimum absolute atomic E-state index is 0.279. The van der Waals surface area contributed by atoms with Crippen LogP contribution in [0.15, 0.2) is 22.6 Å². The SMILES string of the molecule is CC(C)c1nc2ccc(OCCOCCN)cc2o1. The maximum Gasteiger partial charge on any atom is 0.198 e. The van der Waals surface area contributed by atoms with Crippen LogP contribution in [0, 0.1) is 0 Å². The summed E-state index contributed by atoms with van der Waals surface area (Å²) in [6.07, 6.45) is 0. The molecule has 5 heteroatoms. The Bertz CT molecular complexity index is 522. The van der Waals surface area contributed by atoms with Crippen molar-refractivity contribution in [2.45, 2.75) is 19.8 Å². The van der Waals surface area contributed by atoms with E-state index in [1.54, 1.807) is 0 Å². The number of benzene rings is 1. The predicted molar refractivity (Wildman–Crippen MR) is 73.5 cm³/mol. The van der Waals surface area contributed by atoms with E-state index >= 15 is 0 Å². The van der Waals surface area contributed by atoms with Gasteiger partial charge in [-0.25, -0.2) is 4.98 Å². The van der Waals surface area contributed by atoms with Crippen LogP contribution < -0.4 is 10.5 Å². The topological polar surface area (TPSA) is 70.5 Å². The first-order chi connectivity index (χ1) is 9.20. The first-order valence-electron chi connectivity index (χ1n) is 6.52. The number of oxazole rings is 1. The monoisotopic (exact) mass is 264 g/mol. The summed E-state index contributed by atoms with van der Waals surface area (Å²) in [5, 5.41) is 0. The number of nitrogens with zero attached hydrogens (tertiary/aromatic N) is 1. The molecule has 1 aromatic heterocycles. The van der Waals surface area contributed by atoms with Crippen LogP contribution in [0.4, 0.5) is 0 Å². The van der Waals surface area contributed by atoms with Gasteiger partial charge in [-0.15, -0.1) is 0 Å². The largest absolute Gasteiger partial charge is 0.491 e. The van der Waals surface area contributed by atoms with Crippen LogP contribution in [0.5, 0.6) is 5.75 Å².